The molecule has 1 N–H and O–H groups in total. The maximum Gasteiger partial charge on any atom is 0.0698 e. The Kier molecular flexibility index (Phi) is 10.4. The van der Waals surface area contributed by atoms with Gasteiger partial charge in [-0.1, -0.05) is 0 Å². The van der Waals surface area contributed by atoms with Crippen LogP contribution in [-0.2, 0) is 9.47 Å². The van der Waals surface area contributed by atoms with E-state index in [9.17, 15) is 0 Å². The zero-order chi connectivity index (χ0) is 8.36. The average molecular weight is 180 g/mol. The highest BCUT2D eigenvalue weighted by Crippen LogP contribution is 1.98. The van der Waals surface area contributed by atoms with Crippen LogP contribution in [0.15, 0.2) is 0 Å². The van der Waals surface area contributed by atoms with Crippen LogP contribution in [0.25, 0.3) is 0 Å². The summed E-state index contributed by atoms with van der Waals surface area (Å²) in [4.78, 5) is 0. The summed E-state index contributed by atoms with van der Waals surface area (Å²) < 4.78 is 9.92. The van der Waals surface area contributed by atoms with Crippen molar-refractivity contribution in [3.8, 4) is 0 Å². The maximum absolute atomic E-state index is 8.36. The van der Waals surface area contributed by atoms with Gasteiger partial charge in [-0.25, -0.2) is 0 Å². The molecule has 0 saturated heterocycles. The number of methoxy groups -OCH3 is 1. The van der Waals surface area contributed by atoms with Gasteiger partial charge in [0, 0.05) is 18.6 Å². The molecule has 0 aromatic rings. The largest absolute Gasteiger partial charge is 0.394 e. The molecule has 0 spiro atoms. The van der Waals surface area contributed by atoms with Crippen LogP contribution in [-0.4, -0.2) is 50.1 Å². The topological polar surface area (TPSA) is 38.7 Å². The third-order valence-corrected chi connectivity index (χ3v) is 1.95. The summed E-state index contributed by atoms with van der Waals surface area (Å²) in [5, 5.41) is 8.36. The molecule has 68 valence electrons. The highest BCUT2D eigenvalue weighted by atomic mass is 32.2. The predicted molar refractivity (Wildman–Crippen MR) is 47.1 cm³/mol. The molecular weight excluding hydrogens is 164 g/mol. The molecule has 0 aromatic heterocycles. The summed E-state index contributed by atoms with van der Waals surface area (Å²) in [6, 6.07) is 0. The van der Waals surface area contributed by atoms with Crippen LogP contribution < -0.4 is 0 Å². The lowest BCUT2D eigenvalue weighted by Crippen LogP contribution is -2.03. The fraction of sp³-hybridized carbons (Fsp3) is 1.00. The molecule has 0 aliphatic rings. The molecule has 0 aliphatic carbocycles. The maximum atomic E-state index is 8.36. The molecule has 4 heteroatoms. The Morgan fingerprint density at radius 1 is 1.18 bits per heavy atom. The van der Waals surface area contributed by atoms with Gasteiger partial charge >= 0.3 is 0 Å². The van der Waals surface area contributed by atoms with Crippen molar-refractivity contribution in [3.63, 3.8) is 0 Å². The van der Waals surface area contributed by atoms with Gasteiger partial charge in [0.25, 0.3) is 0 Å². The second kappa shape index (κ2) is 10.2. The minimum Gasteiger partial charge on any atom is -0.394 e. The van der Waals surface area contributed by atoms with Gasteiger partial charge in [-0.15, -0.1) is 0 Å². The SMILES string of the molecule is COCCSCCOCCO. The van der Waals surface area contributed by atoms with E-state index in [4.69, 9.17) is 14.6 Å². The highest BCUT2D eigenvalue weighted by molar-refractivity contribution is 7.99. The molecule has 0 saturated carbocycles. The Morgan fingerprint density at radius 2 is 1.91 bits per heavy atom. The van der Waals surface area contributed by atoms with Gasteiger partial charge in [-0.05, 0) is 0 Å². The van der Waals surface area contributed by atoms with Crippen LogP contribution in [0.2, 0.25) is 0 Å². The molecule has 3 nitrogen and oxygen atoms in total. The number of hydrogen-bond acceptors (Lipinski definition) is 4. The smallest absolute Gasteiger partial charge is 0.0698 e. The van der Waals surface area contributed by atoms with E-state index in [-0.39, 0.29) is 6.61 Å². The van der Waals surface area contributed by atoms with E-state index < -0.39 is 0 Å². The van der Waals surface area contributed by atoms with Gasteiger partial charge in [-0.3, -0.25) is 0 Å². The molecule has 0 amide bonds. The third kappa shape index (κ3) is 10.2. The Morgan fingerprint density at radius 3 is 2.55 bits per heavy atom. The van der Waals surface area contributed by atoms with Gasteiger partial charge in [0.1, 0.15) is 0 Å². The highest BCUT2D eigenvalue weighted by Gasteiger charge is 1.88. The van der Waals surface area contributed by atoms with Crippen molar-refractivity contribution in [3.05, 3.63) is 0 Å². The Bertz CT molecular complexity index is 62.7. The fourth-order valence-electron chi connectivity index (χ4n) is 0.529. The summed E-state index contributed by atoms with van der Waals surface area (Å²) >= 11 is 1.80. The third-order valence-electron chi connectivity index (χ3n) is 1.04. The van der Waals surface area contributed by atoms with Gasteiger partial charge in [-0.2, -0.15) is 11.8 Å². The first-order valence-corrected chi connectivity index (χ1v) is 4.82. The lowest BCUT2D eigenvalue weighted by Gasteiger charge is -2.01. The molecule has 0 atom stereocenters. The van der Waals surface area contributed by atoms with Crippen LogP contribution >= 0.6 is 11.8 Å². The van der Waals surface area contributed by atoms with E-state index >= 15 is 0 Å². The molecule has 0 bridgehead atoms. The normalized spacial score (nSPS) is 10.4. The van der Waals surface area contributed by atoms with Gasteiger partial charge in [0.05, 0.1) is 26.4 Å². The van der Waals surface area contributed by atoms with Crippen molar-refractivity contribution in [2.24, 2.45) is 0 Å². The minimum atomic E-state index is 0.114. The number of aliphatic hydroxyl groups excluding tert-OH is 1. The quantitative estimate of drug-likeness (QED) is 0.548. The van der Waals surface area contributed by atoms with Crippen LogP contribution in [0.5, 0.6) is 0 Å². The second-order valence-corrected chi connectivity index (χ2v) is 3.17. The molecule has 0 aromatic carbocycles. The summed E-state index contributed by atoms with van der Waals surface area (Å²) in [5.74, 6) is 1.99. The van der Waals surface area contributed by atoms with E-state index in [1.54, 1.807) is 18.9 Å². The van der Waals surface area contributed by atoms with Crippen molar-refractivity contribution < 1.29 is 14.6 Å². The molecule has 0 heterocycles. The monoisotopic (exact) mass is 180 g/mol. The molecule has 0 radical (unpaired) electrons. The van der Waals surface area contributed by atoms with E-state index in [0.29, 0.717) is 6.61 Å². The first-order chi connectivity index (χ1) is 5.41. The summed E-state index contributed by atoms with van der Waals surface area (Å²) in [5.41, 5.74) is 0. The predicted octanol–water partition coefficient (Wildman–Crippen LogP) is 0.375. The summed E-state index contributed by atoms with van der Waals surface area (Å²) in [6.45, 7) is 2.08. The lowest BCUT2D eigenvalue weighted by atomic mass is 10.7. The fourth-order valence-corrected chi connectivity index (χ4v) is 1.25. The van der Waals surface area contributed by atoms with Crippen LogP contribution in [0.4, 0.5) is 0 Å². The van der Waals surface area contributed by atoms with Crippen molar-refractivity contribution in [2.75, 3.05) is 45.0 Å². The van der Waals surface area contributed by atoms with Crippen LogP contribution in [0.3, 0.4) is 0 Å². The number of thioether (sulfide) groups is 1. The number of rotatable bonds is 8. The molecule has 0 fully saturated rings. The summed E-state index contributed by atoms with van der Waals surface area (Å²) in [6.07, 6.45) is 0. The zero-order valence-electron chi connectivity index (χ0n) is 6.91. The standard InChI is InChI=1S/C7H16O3S/c1-9-4-6-11-7-5-10-3-2-8/h8H,2-7H2,1H3. The van der Waals surface area contributed by atoms with Gasteiger partial charge < -0.3 is 14.6 Å². The Balaban J connectivity index is 2.69. The molecule has 0 unspecified atom stereocenters. The van der Waals surface area contributed by atoms with Crippen molar-refractivity contribution in [1.29, 1.82) is 0 Å². The van der Waals surface area contributed by atoms with E-state index in [0.717, 1.165) is 24.7 Å². The van der Waals surface area contributed by atoms with E-state index in [2.05, 4.69) is 0 Å². The lowest BCUT2D eigenvalue weighted by molar-refractivity contribution is 0.103. The van der Waals surface area contributed by atoms with Crippen molar-refractivity contribution >= 4 is 11.8 Å². The number of ether oxygens (including phenoxy) is 2. The minimum absolute atomic E-state index is 0.114. The Labute approximate surface area is 72.1 Å². The van der Waals surface area contributed by atoms with Gasteiger partial charge in [0.2, 0.25) is 0 Å². The first-order valence-electron chi connectivity index (χ1n) is 3.67. The molecule has 0 aliphatic heterocycles. The van der Waals surface area contributed by atoms with Crippen molar-refractivity contribution in [2.45, 2.75) is 0 Å². The van der Waals surface area contributed by atoms with Crippen molar-refractivity contribution in [1.82, 2.24) is 0 Å². The summed E-state index contributed by atoms with van der Waals surface area (Å²) in [7, 11) is 1.70. The molecule has 11 heavy (non-hydrogen) atoms. The Hall–Kier alpha value is 0.230. The van der Waals surface area contributed by atoms with Gasteiger partial charge in [0.15, 0.2) is 0 Å². The number of hydrogen-bond donors (Lipinski definition) is 1. The average Bonchev–Trinajstić information content (AvgIpc) is 2.03. The molecule has 0 rings (SSSR count). The zero-order valence-corrected chi connectivity index (χ0v) is 7.73. The molecular formula is C7H16O3S. The van der Waals surface area contributed by atoms with Crippen LogP contribution in [0.1, 0.15) is 0 Å². The second-order valence-electron chi connectivity index (χ2n) is 1.94. The van der Waals surface area contributed by atoms with E-state index in [1.807, 2.05) is 0 Å². The first kappa shape index (κ1) is 11.2. The number of aliphatic hydroxyl groups is 1. The van der Waals surface area contributed by atoms with Crippen LogP contribution in [0, 0.1) is 0 Å². The van der Waals surface area contributed by atoms with E-state index in [1.165, 1.54) is 0 Å².